The van der Waals surface area contributed by atoms with Gasteiger partial charge in [0.25, 0.3) is 0 Å². The topological polar surface area (TPSA) is 46.2 Å². The second-order valence-corrected chi connectivity index (χ2v) is 3.36. The van der Waals surface area contributed by atoms with E-state index >= 15 is 0 Å². The maximum absolute atomic E-state index is 9.28. The van der Waals surface area contributed by atoms with Crippen molar-refractivity contribution in [2.75, 3.05) is 0 Å². The van der Waals surface area contributed by atoms with Gasteiger partial charge in [0, 0.05) is 0 Å². The summed E-state index contributed by atoms with van der Waals surface area (Å²) in [4.78, 5) is 0. The molecule has 0 aliphatic heterocycles. The lowest BCUT2D eigenvalue weighted by Crippen LogP contribution is -2.22. The molecule has 0 spiro atoms. The molecule has 0 heterocycles. The van der Waals surface area contributed by atoms with Crippen LogP contribution >= 0.6 is 0 Å². The molecule has 0 aliphatic carbocycles. The Morgan fingerprint density at radius 3 is 2.23 bits per heavy atom. The maximum atomic E-state index is 9.28. The number of hydrogen-bond donors (Lipinski definition) is 2. The fourth-order valence-corrected chi connectivity index (χ4v) is 1.25. The molecule has 0 aromatic heterocycles. The van der Waals surface area contributed by atoms with Crippen LogP contribution in [0.5, 0.6) is 0 Å². The number of rotatable bonds is 3. The summed E-state index contributed by atoms with van der Waals surface area (Å²) in [5, 5.41) is 9.28. The minimum absolute atomic E-state index is 0.272. The number of hydrogen-bond acceptors (Lipinski definition) is 2. The fourth-order valence-electron chi connectivity index (χ4n) is 1.25. The Hall–Kier alpha value is -0.860. The van der Waals surface area contributed by atoms with Crippen molar-refractivity contribution in [2.45, 2.75) is 32.4 Å². The lowest BCUT2D eigenvalue weighted by atomic mass is 10.0. The van der Waals surface area contributed by atoms with E-state index in [1.54, 1.807) is 6.92 Å². The van der Waals surface area contributed by atoms with E-state index in [-0.39, 0.29) is 6.04 Å². The Morgan fingerprint density at radius 2 is 1.85 bits per heavy atom. The first kappa shape index (κ1) is 10.2. The molecular formula is C11H17NO. The third-order valence-corrected chi connectivity index (χ3v) is 2.29. The minimum Gasteiger partial charge on any atom is -0.391 e. The van der Waals surface area contributed by atoms with Gasteiger partial charge in [0.15, 0.2) is 0 Å². The molecule has 13 heavy (non-hydrogen) atoms. The summed E-state index contributed by atoms with van der Waals surface area (Å²) in [6.45, 7) is 3.82. The van der Waals surface area contributed by atoms with E-state index in [0.717, 1.165) is 12.0 Å². The summed E-state index contributed by atoms with van der Waals surface area (Å²) >= 11 is 0. The average Bonchev–Trinajstić information content (AvgIpc) is 2.17. The summed E-state index contributed by atoms with van der Waals surface area (Å²) in [6.07, 6.45) is 0.539. The Morgan fingerprint density at radius 1 is 1.31 bits per heavy atom. The molecule has 0 amide bonds. The van der Waals surface area contributed by atoms with E-state index in [4.69, 9.17) is 5.73 Å². The number of aliphatic hydroxyl groups excluding tert-OH is 1. The van der Waals surface area contributed by atoms with E-state index < -0.39 is 6.10 Å². The smallest absolute Gasteiger partial charge is 0.0704 e. The van der Waals surface area contributed by atoms with Crippen LogP contribution < -0.4 is 5.73 Å². The highest BCUT2D eigenvalue weighted by molar-refractivity contribution is 5.25. The van der Waals surface area contributed by atoms with Gasteiger partial charge in [0.05, 0.1) is 12.1 Å². The number of benzene rings is 1. The molecule has 2 nitrogen and oxygen atoms in total. The van der Waals surface area contributed by atoms with Crippen molar-refractivity contribution in [2.24, 2.45) is 5.73 Å². The molecule has 0 fully saturated rings. The Kier molecular flexibility index (Phi) is 3.46. The molecule has 72 valence electrons. The van der Waals surface area contributed by atoms with Crippen molar-refractivity contribution in [1.29, 1.82) is 0 Å². The van der Waals surface area contributed by atoms with Gasteiger partial charge in [-0.3, -0.25) is 0 Å². The largest absolute Gasteiger partial charge is 0.391 e. The SMILES string of the molecule is CCc1ccc([C@H](N)C(C)O)cc1. The Balaban J connectivity index is 2.79. The first-order chi connectivity index (χ1) is 6.15. The van der Waals surface area contributed by atoms with Gasteiger partial charge in [-0.1, -0.05) is 31.2 Å². The number of aryl methyl sites for hydroxylation is 1. The lowest BCUT2D eigenvalue weighted by molar-refractivity contribution is 0.164. The van der Waals surface area contributed by atoms with Crippen molar-refractivity contribution < 1.29 is 5.11 Å². The zero-order chi connectivity index (χ0) is 9.84. The Bertz CT molecular complexity index is 253. The average molecular weight is 179 g/mol. The summed E-state index contributed by atoms with van der Waals surface area (Å²) in [6, 6.07) is 7.80. The molecule has 0 aliphatic rings. The first-order valence-corrected chi connectivity index (χ1v) is 4.67. The van der Waals surface area contributed by atoms with Crippen LogP contribution in [0, 0.1) is 0 Å². The van der Waals surface area contributed by atoms with Gasteiger partial charge >= 0.3 is 0 Å². The molecule has 0 bridgehead atoms. The summed E-state index contributed by atoms with van der Waals surface area (Å²) in [7, 11) is 0. The molecule has 0 saturated carbocycles. The van der Waals surface area contributed by atoms with Crippen molar-refractivity contribution in [3.05, 3.63) is 35.4 Å². The van der Waals surface area contributed by atoms with Crippen LogP contribution in [0.25, 0.3) is 0 Å². The molecule has 2 heteroatoms. The van der Waals surface area contributed by atoms with Crippen LogP contribution in [0.2, 0.25) is 0 Å². The summed E-state index contributed by atoms with van der Waals surface area (Å²) in [5.41, 5.74) is 8.07. The van der Waals surface area contributed by atoms with Gasteiger partial charge < -0.3 is 10.8 Å². The van der Waals surface area contributed by atoms with Gasteiger partial charge in [-0.2, -0.15) is 0 Å². The van der Waals surface area contributed by atoms with Gasteiger partial charge in [-0.05, 0) is 24.5 Å². The monoisotopic (exact) mass is 179 g/mol. The predicted octanol–water partition coefficient (Wildman–Crippen LogP) is 1.63. The molecule has 1 aromatic carbocycles. The van der Waals surface area contributed by atoms with E-state index in [9.17, 15) is 5.11 Å². The van der Waals surface area contributed by atoms with Gasteiger partial charge in [-0.25, -0.2) is 0 Å². The predicted molar refractivity (Wildman–Crippen MR) is 54.4 cm³/mol. The van der Waals surface area contributed by atoms with E-state index in [2.05, 4.69) is 19.1 Å². The van der Waals surface area contributed by atoms with E-state index in [1.807, 2.05) is 12.1 Å². The fraction of sp³-hybridized carbons (Fsp3) is 0.455. The van der Waals surface area contributed by atoms with Crippen LogP contribution in [0.15, 0.2) is 24.3 Å². The normalized spacial score (nSPS) is 15.4. The molecule has 2 atom stereocenters. The highest BCUT2D eigenvalue weighted by Crippen LogP contribution is 2.14. The van der Waals surface area contributed by atoms with Crippen molar-refractivity contribution >= 4 is 0 Å². The lowest BCUT2D eigenvalue weighted by Gasteiger charge is -2.15. The third-order valence-electron chi connectivity index (χ3n) is 2.29. The summed E-state index contributed by atoms with van der Waals surface area (Å²) in [5.74, 6) is 0. The molecular weight excluding hydrogens is 162 g/mol. The molecule has 0 radical (unpaired) electrons. The van der Waals surface area contributed by atoms with E-state index in [0.29, 0.717) is 0 Å². The maximum Gasteiger partial charge on any atom is 0.0704 e. The zero-order valence-corrected chi connectivity index (χ0v) is 8.20. The van der Waals surface area contributed by atoms with Crippen molar-refractivity contribution in [3.8, 4) is 0 Å². The molecule has 3 N–H and O–H groups in total. The van der Waals surface area contributed by atoms with E-state index in [1.165, 1.54) is 5.56 Å². The summed E-state index contributed by atoms with van der Waals surface area (Å²) < 4.78 is 0. The standard InChI is InChI=1S/C11H17NO/c1-3-9-4-6-10(7-5-9)11(12)8(2)13/h4-8,11,13H,3,12H2,1-2H3/t8?,11-/m1/s1. The van der Waals surface area contributed by atoms with Crippen molar-refractivity contribution in [3.63, 3.8) is 0 Å². The second-order valence-electron chi connectivity index (χ2n) is 3.36. The minimum atomic E-state index is -0.493. The van der Waals surface area contributed by atoms with Crippen LogP contribution in [-0.2, 0) is 6.42 Å². The van der Waals surface area contributed by atoms with Gasteiger partial charge in [-0.15, -0.1) is 0 Å². The van der Waals surface area contributed by atoms with Gasteiger partial charge in [0.1, 0.15) is 0 Å². The molecule has 0 saturated heterocycles. The van der Waals surface area contributed by atoms with Crippen molar-refractivity contribution in [1.82, 2.24) is 0 Å². The molecule has 1 rings (SSSR count). The van der Waals surface area contributed by atoms with Crippen LogP contribution in [0.3, 0.4) is 0 Å². The highest BCUT2D eigenvalue weighted by atomic mass is 16.3. The third kappa shape index (κ3) is 2.54. The molecule has 1 unspecified atom stereocenters. The van der Waals surface area contributed by atoms with Gasteiger partial charge in [0.2, 0.25) is 0 Å². The van der Waals surface area contributed by atoms with Crippen LogP contribution in [0.4, 0.5) is 0 Å². The molecule has 1 aromatic rings. The quantitative estimate of drug-likeness (QED) is 0.740. The first-order valence-electron chi connectivity index (χ1n) is 4.67. The zero-order valence-electron chi connectivity index (χ0n) is 8.20. The number of aliphatic hydroxyl groups is 1. The Labute approximate surface area is 79.4 Å². The second kappa shape index (κ2) is 4.40. The number of nitrogens with two attached hydrogens (primary N) is 1. The highest BCUT2D eigenvalue weighted by Gasteiger charge is 2.10. The van der Waals surface area contributed by atoms with Crippen LogP contribution in [-0.4, -0.2) is 11.2 Å². The van der Waals surface area contributed by atoms with Crippen LogP contribution in [0.1, 0.15) is 31.0 Å².